The van der Waals surface area contributed by atoms with Crippen LogP contribution < -0.4 is 0 Å². The normalized spacial score (nSPS) is 11.4. The highest BCUT2D eigenvalue weighted by Gasteiger charge is 2.15. The third kappa shape index (κ3) is 3.18. The minimum atomic E-state index is -0.580. The lowest BCUT2D eigenvalue weighted by atomic mass is 10.0. The smallest absolute Gasteiger partial charge is 0.349 e. The number of nitrogens with zero attached hydrogens (tertiary/aromatic N) is 1. The largest absolute Gasteiger partial charge is 0.462 e. The van der Waals surface area contributed by atoms with E-state index in [1.54, 1.807) is 13.8 Å². The van der Waals surface area contributed by atoms with Crippen molar-refractivity contribution in [2.75, 3.05) is 6.61 Å². The number of hydrogen-bond acceptors (Lipinski definition) is 3. The fourth-order valence-electron chi connectivity index (χ4n) is 1.39. The first-order chi connectivity index (χ1) is 8.11. The van der Waals surface area contributed by atoms with Crippen LogP contribution >= 0.6 is 15.9 Å². The van der Waals surface area contributed by atoms with Crippen LogP contribution in [0.2, 0.25) is 0 Å². The molecule has 4 heteroatoms. The van der Waals surface area contributed by atoms with E-state index in [0.29, 0.717) is 5.57 Å². The lowest BCUT2D eigenvalue weighted by Crippen LogP contribution is -2.08. The third-order valence-electron chi connectivity index (χ3n) is 2.24. The van der Waals surface area contributed by atoms with Crippen molar-refractivity contribution in [3.63, 3.8) is 0 Å². The van der Waals surface area contributed by atoms with E-state index in [2.05, 4.69) is 15.9 Å². The highest BCUT2D eigenvalue weighted by Crippen LogP contribution is 2.26. The van der Waals surface area contributed by atoms with Crippen LogP contribution in [0.4, 0.5) is 0 Å². The van der Waals surface area contributed by atoms with Crippen molar-refractivity contribution in [3.8, 4) is 6.07 Å². The highest BCUT2D eigenvalue weighted by molar-refractivity contribution is 9.10. The van der Waals surface area contributed by atoms with Crippen molar-refractivity contribution in [1.29, 1.82) is 5.26 Å². The predicted molar refractivity (Wildman–Crippen MR) is 69.0 cm³/mol. The second-order valence-corrected chi connectivity index (χ2v) is 4.17. The number of carbonyl (C=O) groups excluding carboxylic acids is 1. The van der Waals surface area contributed by atoms with Gasteiger partial charge < -0.3 is 4.74 Å². The summed E-state index contributed by atoms with van der Waals surface area (Å²) in [6, 6.07) is 9.32. The van der Waals surface area contributed by atoms with Crippen molar-refractivity contribution in [1.82, 2.24) is 0 Å². The number of rotatable bonds is 3. The first-order valence-corrected chi connectivity index (χ1v) is 5.94. The zero-order chi connectivity index (χ0) is 12.8. The Morgan fingerprint density at radius 2 is 2.12 bits per heavy atom. The molecule has 0 heterocycles. The average molecular weight is 294 g/mol. The van der Waals surface area contributed by atoms with Gasteiger partial charge in [0.15, 0.2) is 0 Å². The average Bonchev–Trinajstić information content (AvgIpc) is 2.30. The van der Waals surface area contributed by atoms with E-state index in [4.69, 9.17) is 10.00 Å². The zero-order valence-corrected chi connectivity index (χ0v) is 11.2. The van der Waals surface area contributed by atoms with Gasteiger partial charge in [-0.1, -0.05) is 34.1 Å². The molecular formula is C13H12BrNO2. The molecule has 0 aromatic heterocycles. The van der Waals surface area contributed by atoms with Gasteiger partial charge in [-0.2, -0.15) is 5.26 Å². The van der Waals surface area contributed by atoms with E-state index < -0.39 is 5.97 Å². The van der Waals surface area contributed by atoms with Crippen molar-refractivity contribution in [3.05, 3.63) is 39.9 Å². The molecule has 0 spiro atoms. The molecule has 0 unspecified atom stereocenters. The summed E-state index contributed by atoms with van der Waals surface area (Å²) in [7, 11) is 0. The van der Waals surface area contributed by atoms with E-state index in [0.717, 1.165) is 10.0 Å². The van der Waals surface area contributed by atoms with Crippen molar-refractivity contribution in [2.24, 2.45) is 0 Å². The molecule has 1 aromatic carbocycles. The van der Waals surface area contributed by atoms with E-state index in [-0.39, 0.29) is 12.2 Å². The molecule has 0 amide bonds. The summed E-state index contributed by atoms with van der Waals surface area (Å²) < 4.78 is 5.68. The highest BCUT2D eigenvalue weighted by atomic mass is 79.9. The van der Waals surface area contributed by atoms with Gasteiger partial charge in [-0.25, -0.2) is 4.79 Å². The molecule has 0 saturated carbocycles. The maximum Gasteiger partial charge on any atom is 0.349 e. The van der Waals surface area contributed by atoms with Gasteiger partial charge in [0.25, 0.3) is 0 Å². The van der Waals surface area contributed by atoms with E-state index in [9.17, 15) is 4.79 Å². The van der Waals surface area contributed by atoms with Gasteiger partial charge in [-0.3, -0.25) is 0 Å². The maximum atomic E-state index is 11.6. The SMILES string of the molecule is CCOC(=O)/C(C#N)=C(/C)c1ccccc1Br. The molecule has 88 valence electrons. The van der Waals surface area contributed by atoms with Gasteiger partial charge in [0.05, 0.1) is 6.61 Å². The number of carbonyl (C=O) groups is 1. The summed E-state index contributed by atoms with van der Waals surface area (Å²) in [6.07, 6.45) is 0. The molecule has 1 rings (SSSR count). The van der Waals surface area contributed by atoms with Crippen LogP contribution in [0, 0.1) is 11.3 Å². The molecule has 0 N–H and O–H groups in total. The van der Waals surface area contributed by atoms with Gasteiger partial charge >= 0.3 is 5.97 Å². The Labute approximate surface area is 109 Å². The summed E-state index contributed by atoms with van der Waals surface area (Å²) in [5.74, 6) is -0.580. The Hall–Kier alpha value is -1.60. The Balaban J connectivity index is 3.24. The quantitative estimate of drug-likeness (QED) is 0.488. The first kappa shape index (κ1) is 13.5. The van der Waals surface area contributed by atoms with Gasteiger partial charge in [0, 0.05) is 4.47 Å². The standard InChI is InChI=1S/C13H12BrNO2/c1-3-17-13(16)11(8-15)9(2)10-6-4-5-7-12(10)14/h4-7H,3H2,1-2H3/b11-9-. The molecule has 17 heavy (non-hydrogen) atoms. The van der Waals surface area contributed by atoms with Crippen LogP contribution in [0.25, 0.3) is 5.57 Å². The molecule has 0 fully saturated rings. The molecule has 0 aliphatic heterocycles. The van der Waals surface area contributed by atoms with Gasteiger partial charge in [-0.05, 0) is 31.1 Å². The van der Waals surface area contributed by atoms with Crippen LogP contribution in [0.3, 0.4) is 0 Å². The maximum absolute atomic E-state index is 11.6. The number of hydrogen-bond donors (Lipinski definition) is 0. The minimum absolute atomic E-state index is 0.0405. The molecule has 1 aromatic rings. The summed E-state index contributed by atoms with van der Waals surface area (Å²) in [6.45, 7) is 3.70. The summed E-state index contributed by atoms with van der Waals surface area (Å²) >= 11 is 3.39. The number of halogens is 1. The Morgan fingerprint density at radius 1 is 1.47 bits per heavy atom. The number of esters is 1. The van der Waals surface area contributed by atoms with Crippen LogP contribution in [-0.4, -0.2) is 12.6 Å². The van der Waals surface area contributed by atoms with Crippen LogP contribution in [0.15, 0.2) is 34.3 Å². The van der Waals surface area contributed by atoms with Gasteiger partial charge in [0.2, 0.25) is 0 Å². The van der Waals surface area contributed by atoms with Gasteiger partial charge in [-0.15, -0.1) is 0 Å². The van der Waals surface area contributed by atoms with E-state index in [1.165, 1.54) is 0 Å². The Bertz CT molecular complexity index is 500. The third-order valence-corrected chi connectivity index (χ3v) is 2.94. The molecule has 0 atom stereocenters. The van der Waals surface area contributed by atoms with Gasteiger partial charge in [0.1, 0.15) is 11.6 Å². The Morgan fingerprint density at radius 3 is 2.65 bits per heavy atom. The lowest BCUT2D eigenvalue weighted by Gasteiger charge is -2.07. The summed E-state index contributed by atoms with van der Waals surface area (Å²) in [4.78, 5) is 11.6. The molecule has 3 nitrogen and oxygen atoms in total. The predicted octanol–water partition coefficient (Wildman–Crippen LogP) is 3.31. The topological polar surface area (TPSA) is 50.1 Å². The molecule has 0 bridgehead atoms. The fourth-order valence-corrected chi connectivity index (χ4v) is 1.97. The minimum Gasteiger partial charge on any atom is -0.462 e. The second kappa shape index (κ2) is 6.21. The van der Waals surface area contributed by atoms with E-state index >= 15 is 0 Å². The fraction of sp³-hybridized carbons (Fsp3) is 0.231. The zero-order valence-electron chi connectivity index (χ0n) is 9.66. The number of ether oxygens (including phenoxy) is 1. The number of benzene rings is 1. The number of nitriles is 1. The summed E-state index contributed by atoms with van der Waals surface area (Å²) in [5.41, 5.74) is 1.47. The van der Waals surface area contributed by atoms with Crippen molar-refractivity contribution < 1.29 is 9.53 Å². The molecular weight excluding hydrogens is 282 g/mol. The van der Waals surface area contributed by atoms with E-state index in [1.807, 2.05) is 30.3 Å². The monoisotopic (exact) mass is 293 g/mol. The lowest BCUT2D eigenvalue weighted by molar-refractivity contribution is -0.137. The van der Waals surface area contributed by atoms with Crippen LogP contribution in [0.5, 0.6) is 0 Å². The Kier molecular flexibility index (Phi) is 4.92. The molecule has 0 saturated heterocycles. The van der Waals surface area contributed by atoms with Crippen LogP contribution in [0.1, 0.15) is 19.4 Å². The molecule has 0 aliphatic rings. The second-order valence-electron chi connectivity index (χ2n) is 3.31. The summed E-state index contributed by atoms with van der Waals surface area (Å²) in [5, 5.41) is 9.02. The number of allylic oxidation sites excluding steroid dienone is 1. The van der Waals surface area contributed by atoms with Crippen LogP contribution in [-0.2, 0) is 9.53 Å². The van der Waals surface area contributed by atoms with Crippen molar-refractivity contribution >= 4 is 27.5 Å². The van der Waals surface area contributed by atoms with Crippen molar-refractivity contribution in [2.45, 2.75) is 13.8 Å². The molecule has 0 radical (unpaired) electrons. The first-order valence-electron chi connectivity index (χ1n) is 5.14. The molecule has 0 aliphatic carbocycles.